The van der Waals surface area contributed by atoms with Crippen molar-refractivity contribution in [3.8, 4) is 0 Å². The molecule has 1 amide bonds. The molecule has 0 aliphatic rings. The van der Waals surface area contributed by atoms with Gasteiger partial charge in [0.1, 0.15) is 5.69 Å². The summed E-state index contributed by atoms with van der Waals surface area (Å²) in [5.41, 5.74) is 1.90. The van der Waals surface area contributed by atoms with E-state index in [0.29, 0.717) is 5.52 Å². The Morgan fingerprint density at radius 1 is 0.897 bits per heavy atom. The zero-order chi connectivity index (χ0) is 20.2. The molecule has 144 valence electrons. The second kappa shape index (κ2) is 8.10. The molecule has 0 fully saturated rings. The van der Waals surface area contributed by atoms with Crippen molar-refractivity contribution in [2.75, 3.05) is 6.61 Å². The maximum atomic E-state index is 12.3. The second-order valence-electron chi connectivity index (χ2n) is 6.82. The molecule has 0 saturated carbocycles. The van der Waals surface area contributed by atoms with Crippen molar-refractivity contribution >= 4 is 33.6 Å². The number of amides is 1. The molecule has 0 aliphatic heterocycles. The van der Waals surface area contributed by atoms with Crippen molar-refractivity contribution in [2.24, 2.45) is 0 Å². The fraction of sp³-hybridized carbons (Fsp3) is 0.125. The molecule has 1 heterocycles. The zero-order valence-electron chi connectivity index (χ0n) is 16.0. The van der Waals surface area contributed by atoms with Gasteiger partial charge < -0.3 is 10.1 Å². The lowest BCUT2D eigenvalue weighted by Gasteiger charge is -2.16. The first-order valence-corrected chi connectivity index (χ1v) is 9.42. The number of ether oxygens (including phenoxy) is 1. The number of fused-ring (bicyclic) bond motifs is 2. The van der Waals surface area contributed by atoms with Crippen LogP contribution in [-0.2, 0) is 9.53 Å². The summed E-state index contributed by atoms with van der Waals surface area (Å²) in [6.07, 6.45) is 0. The van der Waals surface area contributed by atoms with Gasteiger partial charge in [0, 0.05) is 5.39 Å². The summed E-state index contributed by atoms with van der Waals surface area (Å²) in [5.74, 6) is -0.983. The van der Waals surface area contributed by atoms with Crippen LogP contribution in [0.25, 0.3) is 21.7 Å². The van der Waals surface area contributed by atoms with Gasteiger partial charge >= 0.3 is 5.97 Å². The lowest BCUT2D eigenvalue weighted by Crippen LogP contribution is -2.31. The summed E-state index contributed by atoms with van der Waals surface area (Å²) in [6.45, 7) is 1.55. The SMILES string of the molecule is C[C@@H](NC(=O)COC(=O)c1ccc2ccccc2n1)c1cccc2ccccc12. The van der Waals surface area contributed by atoms with Gasteiger partial charge in [-0.05, 0) is 35.4 Å². The molecule has 4 aromatic rings. The number of carbonyl (C=O) groups is 2. The van der Waals surface area contributed by atoms with Crippen LogP contribution in [0.15, 0.2) is 78.9 Å². The summed E-state index contributed by atoms with van der Waals surface area (Å²) in [5, 5.41) is 6.02. The third kappa shape index (κ3) is 4.09. The van der Waals surface area contributed by atoms with Crippen molar-refractivity contribution < 1.29 is 14.3 Å². The topological polar surface area (TPSA) is 68.3 Å². The number of para-hydroxylation sites is 1. The molecule has 1 N–H and O–H groups in total. The summed E-state index contributed by atoms with van der Waals surface area (Å²) in [6, 6.07) is 24.7. The van der Waals surface area contributed by atoms with Gasteiger partial charge in [0.05, 0.1) is 11.6 Å². The first-order chi connectivity index (χ1) is 14.1. The van der Waals surface area contributed by atoms with Crippen LogP contribution in [0, 0.1) is 0 Å². The summed E-state index contributed by atoms with van der Waals surface area (Å²) in [4.78, 5) is 28.9. The van der Waals surface area contributed by atoms with Crippen molar-refractivity contribution in [3.05, 3.63) is 90.1 Å². The molecule has 5 nitrogen and oxygen atoms in total. The Kier molecular flexibility index (Phi) is 5.20. The molecule has 4 rings (SSSR count). The third-order valence-electron chi connectivity index (χ3n) is 4.81. The van der Waals surface area contributed by atoms with E-state index in [2.05, 4.69) is 10.3 Å². The van der Waals surface area contributed by atoms with E-state index < -0.39 is 5.97 Å². The largest absolute Gasteiger partial charge is 0.451 e. The smallest absolute Gasteiger partial charge is 0.357 e. The summed E-state index contributed by atoms with van der Waals surface area (Å²) < 4.78 is 5.15. The Bertz CT molecular complexity index is 1200. The minimum atomic E-state index is -0.622. The van der Waals surface area contributed by atoms with Gasteiger partial charge in [-0.3, -0.25) is 4.79 Å². The average Bonchev–Trinajstić information content (AvgIpc) is 2.76. The first-order valence-electron chi connectivity index (χ1n) is 9.42. The van der Waals surface area contributed by atoms with Crippen LogP contribution < -0.4 is 5.32 Å². The van der Waals surface area contributed by atoms with Crippen molar-refractivity contribution in [2.45, 2.75) is 13.0 Å². The number of benzene rings is 3. The van der Waals surface area contributed by atoms with Gasteiger partial charge in [-0.2, -0.15) is 0 Å². The van der Waals surface area contributed by atoms with Crippen molar-refractivity contribution in [1.29, 1.82) is 0 Å². The molecular weight excluding hydrogens is 364 g/mol. The minimum absolute atomic E-state index is 0.179. The predicted molar refractivity (Wildman–Crippen MR) is 113 cm³/mol. The average molecular weight is 384 g/mol. The minimum Gasteiger partial charge on any atom is -0.451 e. The molecule has 3 aromatic carbocycles. The van der Waals surface area contributed by atoms with Crippen LogP contribution in [0.1, 0.15) is 29.0 Å². The maximum Gasteiger partial charge on any atom is 0.357 e. The monoisotopic (exact) mass is 384 g/mol. The standard InChI is InChI=1S/C24H20N2O3/c1-16(19-11-6-9-17-7-2-4-10-20(17)19)25-23(27)15-29-24(28)22-14-13-18-8-3-5-12-21(18)26-22/h2-14,16H,15H2,1H3,(H,25,27)/t16-/m1/s1. The molecule has 5 heteroatoms. The van der Waals surface area contributed by atoms with Gasteiger partial charge in [-0.15, -0.1) is 0 Å². The summed E-state index contributed by atoms with van der Waals surface area (Å²) in [7, 11) is 0. The number of carbonyl (C=O) groups excluding carboxylic acids is 2. The Labute approximate surface area is 168 Å². The second-order valence-corrected chi connectivity index (χ2v) is 6.82. The van der Waals surface area contributed by atoms with Crippen LogP contribution >= 0.6 is 0 Å². The maximum absolute atomic E-state index is 12.3. The Morgan fingerprint density at radius 2 is 1.62 bits per heavy atom. The molecule has 0 aliphatic carbocycles. The predicted octanol–water partition coefficient (Wildman–Crippen LogP) is 4.42. The lowest BCUT2D eigenvalue weighted by atomic mass is 10.00. The van der Waals surface area contributed by atoms with Crippen LogP contribution in [-0.4, -0.2) is 23.5 Å². The lowest BCUT2D eigenvalue weighted by molar-refractivity contribution is -0.124. The van der Waals surface area contributed by atoms with E-state index in [4.69, 9.17) is 4.74 Å². The van der Waals surface area contributed by atoms with Crippen LogP contribution in [0.5, 0.6) is 0 Å². The summed E-state index contributed by atoms with van der Waals surface area (Å²) >= 11 is 0. The first kappa shape index (κ1) is 18.6. The highest BCUT2D eigenvalue weighted by Gasteiger charge is 2.15. The molecule has 1 aromatic heterocycles. The number of rotatable bonds is 5. The highest BCUT2D eigenvalue weighted by molar-refractivity contribution is 5.92. The van der Waals surface area contributed by atoms with E-state index in [1.165, 1.54) is 0 Å². The van der Waals surface area contributed by atoms with E-state index in [1.54, 1.807) is 6.07 Å². The highest BCUT2D eigenvalue weighted by atomic mass is 16.5. The highest BCUT2D eigenvalue weighted by Crippen LogP contribution is 2.24. The third-order valence-corrected chi connectivity index (χ3v) is 4.81. The molecule has 0 bridgehead atoms. The normalized spacial score (nSPS) is 11.9. The molecule has 0 spiro atoms. The van der Waals surface area contributed by atoms with Crippen LogP contribution in [0.2, 0.25) is 0 Å². The number of nitrogens with one attached hydrogen (secondary N) is 1. The van der Waals surface area contributed by atoms with Crippen molar-refractivity contribution in [1.82, 2.24) is 10.3 Å². The number of esters is 1. The zero-order valence-corrected chi connectivity index (χ0v) is 16.0. The van der Waals surface area contributed by atoms with Crippen molar-refractivity contribution in [3.63, 3.8) is 0 Å². The number of aromatic nitrogens is 1. The molecule has 0 unspecified atom stereocenters. The van der Waals surface area contributed by atoms with E-state index in [0.717, 1.165) is 21.7 Å². The van der Waals surface area contributed by atoms with Gasteiger partial charge in [-0.25, -0.2) is 9.78 Å². The fourth-order valence-electron chi connectivity index (χ4n) is 3.37. The number of hydrogen-bond donors (Lipinski definition) is 1. The van der Waals surface area contributed by atoms with E-state index in [1.807, 2.05) is 79.7 Å². The number of pyridine rings is 1. The van der Waals surface area contributed by atoms with E-state index in [9.17, 15) is 9.59 Å². The Balaban J connectivity index is 1.39. The molecule has 1 atom stereocenters. The number of nitrogens with zero attached hydrogens (tertiary/aromatic N) is 1. The van der Waals surface area contributed by atoms with Gasteiger partial charge in [-0.1, -0.05) is 66.7 Å². The molecule has 29 heavy (non-hydrogen) atoms. The quantitative estimate of drug-likeness (QED) is 0.517. The molecule has 0 saturated heterocycles. The Morgan fingerprint density at radius 3 is 2.48 bits per heavy atom. The molecular formula is C24H20N2O3. The van der Waals surface area contributed by atoms with Crippen LogP contribution in [0.3, 0.4) is 0 Å². The molecule has 0 radical (unpaired) electrons. The van der Waals surface area contributed by atoms with Gasteiger partial charge in [0.15, 0.2) is 6.61 Å². The van der Waals surface area contributed by atoms with Crippen LogP contribution in [0.4, 0.5) is 0 Å². The van der Waals surface area contributed by atoms with Gasteiger partial charge in [0.2, 0.25) is 0 Å². The van der Waals surface area contributed by atoms with E-state index >= 15 is 0 Å². The number of hydrogen-bond acceptors (Lipinski definition) is 4. The van der Waals surface area contributed by atoms with E-state index in [-0.39, 0.29) is 24.2 Å². The fourth-order valence-corrected chi connectivity index (χ4v) is 3.37. The van der Waals surface area contributed by atoms with Gasteiger partial charge in [0.25, 0.3) is 5.91 Å². The Hall–Kier alpha value is -3.73.